The minimum Gasteiger partial charge on any atom is -0.373 e. The quantitative estimate of drug-likeness (QED) is 0.0707. The van der Waals surface area contributed by atoms with Crippen LogP contribution in [0.4, 0.5) is 0 Å². The van der Waals surface area contributed by atoms with Gasteiger partial charge in [0.2, 0.25) is 0 Å². The topological polar surface area (TPSA) is 111 Å². The molecule has 10 nitrogen and oxygen atoms in total. The zero-order valence-electron chi connectivity index (χ0n) is 27.5. The molecule has 0 aromatic heterocycles. The van der Waals surface area contributed by atoms with E-state index in [1.807, 2.05) is 13.8 Å². The number of hydrogen-bond donors (Lipinski definition) is 1. The lowest BCUT2D eigenvalue weighted by Gasteiger charge is -2.46. The lowest BCUT2D eigenvalue weighted by molar-refractivity contribution is -0.323. The first-order chi connectivity index (χ1) is 20.4. The summed E-state index contributed by atoms with van der Waals surface area (Å²) in [6, 6.07) is 0. The minimum absolute atomic E-state index is 0.118. The number of rotatable bonds is 28. The van der Waals surface area contributed by atoms with Gasteiger partial charge in [-0.25, -0.2) is 4.57 Å². The van der Waals surface area contributed by atoms with Crippen molar-refractivity contribution in [2.75, 3.05) is 46.2 Å². The Bertz CT molecular complexity index is 656. The third-order valence-corrected chi connectivity index (χ3v) is 8.52. The highest BCUT2D eigenvalue weighted by Gasteiger charge is 2.51. The van der Waals surface area contributed by atoms with Crippen molar-refractivity contribution in [3.05, 3.63) is 0 Å². The average Bonchev–Trinajstić information content (AvgIpc) is 2.97. The lowest BCUT2D eigenvalue weighted by Crippen LogP contribution is -2.64. The van der Waals surface area contributed by atoms with Gasteiger partial charge in [0, 0.05) is 26.4 Å². The van der Waals surface area contributed by atoms with Crippen LogP contribution in [0, 0.1) is 0 Å². The van der Waals surface area contributed by atoms with Crippen LogP contribution in [0.5, 0.6) is 0 Å². The van der Waals surface area contributed by atoms with Crippen LogP contribution in [0.1, 0.15) is 119 Å². The molecule has 0 saturated carbocycles. The monoisotopic (exact) mass is 626 g/mol. The first kappa shape index (κ1) is 39.9. The fourth-order valence-corrected chi connectivity index (χ4v) is 5.59. The number of unbranched alkanes of at least 4 members (excludes halogenated alkanes) is 6. The lowest BCUT2D eigenvalue weighted by atomic mass is 9.94. The molecule has 0 spiro atoms. The van der Waals surface area contributed by atoms with E-state index in [4.69, 9.17) is 37.3 Å². The molecule has 1 saturated heterocycles. The molecule has 0 aromatic carbocycles. The van der Waals surface area contributed by atoms with E-state index in [1.54, 1.807) is 0 Å². The van der Waals surface area contributed by atoms with Crippen molar-refractivity contribution in [1.29, 1.82) is 0 Å². The van der Waals surface area contributed by atoms with Gasteiger partial charge in [0.1, 0.15) is 30.5 Å². The second-order valence-corrected chi connectivity index (χ2v) is 12.6. The molecule has 1 heterocycles. The normalized spacial score (nSPS) is 23.8. The Hall–Kier alpha value is -0.130. The summed E-state index contributed by atoms with van der Waals surface area (Å²) in [5.41, 5.74) is 0. The van der Waals surface area contributed by atoms with Crippen LogP contribution < -0.4 is 0 Å². The van der Waals surface area contributed by atoms with Gasteiger partial charge in [-0.15, -0.1) is 0 Å². The highest BCUT2D eigenvalue weighted by atomic mass is 31.2. The van der Waals surface area contributed by atoms with Crippen LogP contribution in [0.3, 0.4) is 0 Å². The molecule has 1 rings (SSSR count). The standard InChI is InChI=1S/C31H63O10P/c1-7-13-19-34-26(25-40-42(33,38-23-17-11-5)39-24-18-12-6)27-28(35-20-14-8-2)29(36-21-15-9-3)30(31(32)41-27)37-22-16-10-4/h26-32H,7-25H2,1-6H3/t26-,27?,28-,29?,30-,31?/m1/s1. The molecular formula is C31H63O10P. The largest absolute Gasteiger partial charge is 0.474 e. The van der Waals surface area contributed by atoms with E-state index >= 15 is 0 Å². The van der Waals surface area contributed by atoms with Crippen molar-refractivity contribution >= 4 is 7.82 Å². The molecule has 0 aliphatic carbocycles. The molecule has 0 bridgehead atoms. The Morgan fingerprint density at radius 1 is 0.595 bits per heavy atom. The summed E-state index contributed by atoms with van der Waals surface area (Å²) in [7, 11) is -3.85. The Labute approximate surface area is 256 Å². The summed E-state index contributed by atoms with van der Waals surface area (Å²) >= 11 is 0. The second kappa shape index (κ2) is 25.1. The minimum atomic E-state index is -3.85. The first-order valence-electron chi connectivity index (χ1n) is 16.7. The highest BCUT2D eigenvalue weighted by molar-refractivity contribution is 7.48. The summed E-state index contributed by atoms with van der Waals surface area (Å²) in [4.78, 5) is 0. The van der Waals surface area contributed by atoms with Crippen molar-refractivity contribution in [3.8, 4) is 0 Å². The summed E-state index contributed by atoms with van der Waals surface area (Å²) < 4.78 is 62.3. The molecule has 1 aliphatic rings. The van der Waals surface area contributed by atoms with Gasteiger partial charge in [-0.2, -0.15) is 0 Å². The van der Waals surface area contributed by atoms with Crippen LogP contribution in [-0.4, -0.2) is 88.2 Å². The molecule has 0 radical (unpaired) electrons. The molecule has 0 amide bonds. The van der Waals surface area contributed by atoms with Crippen molar-refractivity contribution < 1.29 is 46.9 Å². The molecule has 3 unspecified atom stereocenters. The van der Waals surface area contributed by atoms with E-state index in [1.165, 1.54) is 0 Å². The number of aliphatic hydroxyl groups excluding tert-OH is 1. The molecule has 252 valence electrons. The Balaban J connectivity index is 3.29. The maximum Gasteiger partial charge on any atom is 0.474 e. The highest BCUT2D eigenvalue weighted by Crippen LogP contribution is 2.50. The van der Waals surface area contributed by atoms with E-state index in [-0.39, 0.29) is 19.8 Å². The molecule has 6 atom stereocenters. The van der Waals surface area contributed by atoms with E-state index in [0.29, 0.717) is 26.4 Å². The van der Waals surface area contributed by atoms with Gasteiger partial charge in [0.25, 0.3) is 0 Å². The second-order valence-electron chi connectivity index (χ2n) is 10.9. The van der Waals surface area contributed by atoms with Crippen LogP contribution >= 0.6 is 7.82 Å². The number of phosphoric acid groups is 1. The van der Waals surface area contributed by atoms with E-state index in [0.717, 1.165) is 77.0 Å². The summed E-state index contributed by atoms with van der Waals surface area (Å²) in [6.45, 7) is 14.8. The number of phosphoric ester groups is 1. The van der Waals surface area contributed by atoms with E-state index < -0.39 is 44.6 Å². The summed E-state index contributed by atoms with van der Waals surface area (Å²) in [5, 5.41) is 11.2. The van der Waals surface area contributed by atoms with Gasteiger partial charge in [0.05, 0.1) is 19.8 Å². The summed E-state index contributed by atoms with van der Waals surface area (Å²) in [6.07, 6.45) is 5.89. The SMILES string of the molecule is CCCCOC1[C@@H](OCCCC)C(O)OC([C@@H](COP(=O)(OCCCC)OCCCC)OCCCC)[C@H]1OCCCC. The summed E-state index contributed by atoms with van der Waals surface area (Å²) in [5.74, 6) is 0. The average molecular weight is 627 g/mol. The Morgan fingerprint density at radius 2 is 1.02 bits per heavy atom. The fourth-order valence-electron chi connectivity index (χ4n) is 4.33. The zero-order valence-corrected chi connectivity index (χ0v) is 28.4. The fraction of sp³-hybridized carbons (Fsp3) is 1.00. The van der Waals surface area contributed by atoms with Crippen LogP contribution in [0.25, 0.3) is 0 Å². The van der Waals surface area contributed by atoms with Crippen LogP contribution in [0.15, 0.2) is 0 Å². The van der Waals surface area contributed by atoms with Gasteiger partial charge < -0.3 is 28.8 Å². The number of aliphatic hydroxyl groups is 1. The van der Waals surface area contributed by atoms with Crippen molar-refractivity contribution in [2.24, 2.45) is 0 Å². The molecule has 1 fully saturated rings. The molecular weight excluding hydrogens is 563 g/mol. The molecule has 0 aromatic rings. The van der Waals surface area contributed by atoms with Gasteiger partial charge in [-0.05, 0) is 38.5 Å². The number of hydrogen-bond acceptors (Lipinski definition) is 10. The Morgan fingerprint density at radius 3 is 1.52 bits per heavy atom. The van der Waals surface area contributed by atoms with Gasteiger partial charge in [-0.3, -0.25) is 13.6 Å². The maximum atomic E-state index is 13.6. The van der Waals surface area contributed by atoms with E-state index in [2.05, 4.69) is 27.7 Å². The van der Waals surface area contributed by atoms with Gasteiger partial charge in [0.15, 0.2) is 6.29 Å². The van der Waals surface area contributed by atoms with Crippen molar-refractivity contribution in [3.63, 3.8) is 0 Å². The molecule has 11 heteroatoms. The van der Waals surface area contributed by atoms with Crippen molar-refractivity contribution in [2.45, 2.75) is 155 Å². The van der Waals surface area contributed by atoms with Gasteiger partial charge >= 0.3 is 7.82 Å². The maximum absolute atomic E-state index is 13.6. The third-order valence-electron chi connectivity index (χ3n) is 7.06. The van der Waals surface area contributed by atoms with Crippen LogP contribution in [0.2, 0.25) is 0 Å². The smallest absolute Gasteiger partial charge is 0.373 e. The molecule has 42 heavy (non-hydrogen) atoms. The number of ether oxygens (including phenoxy) is 5. The Kier molecular flexibility index (Phi) is 23.8. The molecule has 1 aliphatic heterocycles. The van der Waals surface area contributed by atoms with Gasteiger partial charge in [-0.1, -0.05) is 80.1 Å². The van der Waals surface area contributed by atoms with Crippen molar-refractivity contribution in [1.82, 2.24) is 0 Å². The third kappa shape index (κ3) is 15.7. The van der Waals surface area contributed by atoms with Crippen LogP contribution in [-0.2, 0) is 41.8 Å². The predicted molar refractivity (Wildman–Crippen MR) is 165 cm³/mol. The first-order valence-corrected chi connectivity index (χ1v) is 18.2. The molecule has 1 N–H and O–H groups in total. The van der Waals surface area contributed by atoms with E-state index in [9.17, 15) is 9.67 Å². The predicted octanol–water partition coefficient (Wildman–Crippen LogP) is 7.20. The zero-order chi connectivity index (χ0) is 31.1.